The van der Waals surface area contributed by atoms with Crippen LogP contribution in [0, 0.1) is 11.3 Å². The van der Waals surface area contributed by atoms with Gasteiger partial charge in [-0.3, -0.25) is 0 Å². The molecule has 0 unspecified atom stereocenters. The van der Waals surface area contributed by atoms with E-state index in [4.69, 9.17) is 0 Å². The Morgan fingerprint density at radius 2 is 1.76 bits per heavy atom. The van der Waals surface area contributed by atoms with Crippen molar-refractivity contribution in [3.8, 4) is 0 Å². The number of carboxylic acid groups (broad SMARTS) is 1. The maximum Gasteiger partial charge on any atom is 0.331 e. The lowest BCUT2D eigenvalue weighted by molar-refractivity contribution is -0.134. The van der Waals surface area contributed by atoms with E-state index in [1.165, 1.54) is 12.8 Å². The lowest BCUT2D eigenvalue weighted by Crippen LogP contribution is -2.27. The second kappa shape index (κ2) is 6.23. The Hall–Kier alpha value is -0.790. The highest BCUT2D eigenvalue weighted by molar-refractivity contribution is 5.87. The monoisotopic (exact) mass is 238 g/mol. The highest BCUT2D eigenvalue weighted by atomic mass is 16.4. The van der Waals surface area contributed by atoms with Crippen molar-refractivity contribution >= 4 is 5.97 Å². The van der Waals surface area contributed by atoms with Gasteiger partial charge in [0.2, 0.25) is 0 Å². The quantitative estimate of drug-likeness (QED) is 0.569. The third kappa shape index (κ3) is 3.86. The van der Waals surface area contributed by atoms with E-state index >= 15 is 0 Å². The van der Waals surface area contributed by atoms with Gasteiger partial charge in [0.25, 0.3) is 0 Å². The van der Waals surface area contributed by atoms with E-state index in [-0.39, 0.29) is 5.41 Å². The molecule has 0 bridgehead atoms. The van der Waals surface area contributed by atoms with Crippen LogP contribution < -0.4 is 0 Å². The second-order valence-electron chi connectivity index (χ2n) is 5.91. The molecule has 0 atom stereocenters. The number of aliphatic carboxylic acids is 1. The lowest BCUT2D eigenvalue weighted by Gasteiger charge is -2.33. The number of hydrogen-bond acceptors (Lipinski definition) is 1. The Balaban J connectivity index is 2.81. The van der Waals surface area contributed by atoms with Gasteiger partial charge >= 0.3 is 5.97 Å². The van der Waals surface area contributed by atoms with E-state index in [9.17, 15) is 9.90 Å². The van der Waals surface area contributed by atoms with Crippen molar-refractivity contribution in [1.82, 2.24) is 0 Å². The molecule has 1 aliphatic rings. The van der Waals surface area contributed by atoms with Crippen molar-refractivity contribution < 1.29 is 9.90 Å². The molecule has 0 aromatic heterocycles. The summed E-state index contributed by atoms with van der Waals surface area (Å²) in [5.41, 5.74) is 0.340. The van der Waals surface area contributed by atoms with Crippen LogP contribution in [0.15, 0.2) is 12.2 Å². The highest BCUT2D eigenvalue weighted by Gasteiger charge is 2.36. The third-order valence-electron chi connectivity index (χ3n) is 4.16. The molecule has 1 N–H and O–H groups in total. The van der Waals surface area contributed by atoms with E-state index in [2.05, 4.69) is 20.4 Å². The second-order valence-corrected chi connectivity index (χ2v) is 5.91. The summed E-state index contributed by atoms with van der Waals surface area (Å²) in [6, 6.07) is 0. The van der Waals surface area contributed by atoms with Crippen molar-refractivity contribution in [2.24, 2.45) is 11.3 Å². The lowest BCUT2D eigenvalue weighted by atomic mass is 9.70. The first kappa shape index (κ1) is 14.3. The topological polar surface area (TPSA) is 37.3 Å². The van der Waals surface area contributed by atoms with E-state index in [1.54, 1.807) is 0 Å². The average Bonchev–Trinajstić information content (AvgIpc) is 2.51. The maximum atomic E-state index is 11.3. The van der Waals surface area contributed by atoms with Gasteiger partial charge in [-0.25, -0.2) is 4.79 Å². The van der Waals surface area contributed by atoms with E-state index in [0.717, 1.165) is 38.5 Å². The first-order chi connectivity index (χ1) is 7.98. The minimum Gasteiger partial charge on any atom is -0.478 e. The van der Waals surface area contributed by atoms with E-state index in [0.29, 0.717) is 11.5 Å². The van der Waals surface area contributed by atoms with Gasteiger partial charge in [-0.1, -0.05) is 52.5 Å². The zero-order valence-electron chi connectivity index (χ0n) is 11.3. The normalized spacial score (nSPS) is 19.9. The summed E-state index contributed by atoms with van der Waals surface area (Å²) in [7, 11) is 0. The smallest absolute Gasteiger partial charge is 0.331 e. The minimum absolute atomic E-state index is 0.118. The number of hydrogen-bond donors (Lipinski definition) is 1. The molecule has 1 rings (SSSR count). The molecule has 0 saturated heterocycles. The highest BCUT2D eigenvalue weighted by Crippen LogP contribution is 2.45. The van der Waals surface area contributed by atoms with Gasteiger partial charge in [-0.05, 0) is 25.2 Å². The average molecular weight is 238 g/mol. The van der Waals surface area contributed by atoms with Crippen LogP contribution in [0.25, 0.3) is 0 Å². The van der Waals surface area contributed by atoms with Crippen molar-refractivity contribution in [2.75, 3.05) is 0 Å². The zero-order chi connectivity index (χ0) is 12.9. The fourth-order valence-corrected chi connectivity index (χ4v) is 2.90. The SMILES string of the molecule is C=C(C(=O)O)C1(CCC(C)C)CCCCCC1. The molecule has 98 valence electrons. The van der Waals surface area contributed by atoms with Crippen molar-refractivity contribution in [3.63, 3.8) is 0 Å². The van der Waals surface area contributed by atoms with Gasteiger partial charge in [0.15, 0.2) is 0 Å². The Morgan fingerprint density at radius 1 is 1.24 bits per heavy atom. The Labute approximate surface area is 105 Å². The van der Waals surface area contributed by atoms with E-state index < -0.39 is 5.97 Å². The van der Waals surface area contributed by atoms with Crippen molar-refractivity contribution in [2.45, 2.75) is 65.2 Å². The molecular weight excluding hydrogens is 212 g/mol. The number of rotatable bonds is 5. The molecule has 1 aliphatic carbocycles. The van der Waals surface area contributed by atoms with Crippen LogP contribution in [0.4, 0.5) is 0 Å². The molecule has 2 heteroatoms. The summed E-state index contributed by atoms with van der Waals surface area (Å²) in [5, 5.41) is 9.26. The molecule has 1 fully saturated rings. The molecule has 0 aromatic carbocycles. The first-order valence-electron chi connectivity index (χ1n) is 6.90. The van der Waals surface area contributed by atoms with Crippen molar-refractivity contribution in [3.05, 3.63) is 12.2 Å². The summed E-state index contributed by atoms with van der Waals surface area (Å²) in [5.74, 6) is -0.160. The van der Waals surface area contributed by atoms with Crippen LogP contribution in [0.5, 0.6) is 0 Å². The molecule has 0 aromatic rings. The van der Waals surface area contributed by atoms with Crippen LogP contribution >= 0.6 is 0 Å². The fourth-order valence-electron chi connectivity index (χ4n) is 2.90. The maximum absolute atomic E-state index is 11.3. The van der Waals surface area contributed by atoms with Gasteiger partial charge in [0.05, 0.1) is 0 Å². The van der Waals surface area contributed by atoms with Crippen LogP contribution in [0.2, 0.25) is 0 Å². The van der Waals surface area contributed by atoms with Gasteiger partial charge in [0, 0.05) is 11.0 Å². The van der Waals surface area contributed by atoms with Crippen LogP contribution in [-0.4, -0.2) is 11.1 Å². The van der Waals surface area contributed by atoms with E-state index in [1.807, 2.05) is 0 Å². The summed E-state index contributed by atoms with van der Waals surface area (Å²) < 4.78 is 0. The predicted molar refractivity (Wildman–Crippen MR) is 71.0 cm³/mol. The molecule has 0 amide bonds. The summed E-state index contributed by atoms with van der Waals surface area (Å²) in [4.78, 5) is 11.3. The molecule has 2 nitrogen and oxygen atoms in total. The third-order valence-corrected chi connectivity index (χ3v) is 4.16. The molecule has 0 radical (unpaired) electrons. The predicted octanol–water partition coefficient (Wildman–Crippen LogP) is 4.40. The molecule has 0 spiro atoms. The van der Waals surface area contributed by atoms with Gasteiger partial charge < -0.3 is 5.11 Å². The van der Waals surface area contributed by atoms with Gasteiger partial charge in [0.1, 0.15) is 0 Å². The number of carboxylic acids is 1. The summed E-state index contributed by atoms with van der Waals surface area (Å²) >= 11 is 0. The van der Waals surface area contributed by atoms with Crippen LogP contribution in [0.3, 0.4) is 0 Å². The summed E-state index contributed by atoms with van der Waals surface area (Å²) in [6.45, 7) is 8.27. The first-order valence-corrected chi connectivity index (χ1v) is 6.90. The Bertz CT molecular complexity index is 271. The molecular formula is C15H26O2. The van der Waals surface area contributed by atoms with Crippen molar-refractivity contribution in [1.29, 1.82) is 0 Å². The summed E-state index contributed by atoms with van der Waals surface area (Å²) in [6.07, 6.45) is 8.94. The van der Waals surface area contributed by atoms with Gasteiger partial charge in [-0.2, -0.15) is 0 Å². The van der Waals surface area contributed by atoms with Crippen LogP contribution in [-0.2, 0) is 4.79 Å². The number of carbonyl (C=O) groups is 1. The Morgan fingerprint density at radius 3 is 2.18 bits per heavy atom. The Kier molecular flexibility index (Phi) is 5.23. The molecule has 17 heavy (non-hydrogen) atoms. The molecule has 0 heterocycles. The fraction of sp³-hybridized carbons (Fsp3) is 0.800. The standard InChI is InChI=1S/C15H26O2/c1-12(2)8-11-15(13(3)14(16)17)9-6-4-5-7-10-15/h12H,3-11H2,1-2H3,(H,16,17). The molecule has 0 aliphatic heterocycles. The van der Waals surface area contributed by atoms with Crippen LogP contribution in [0.1, 0.15) is 65.2 Å². The van der Waals surface area contributed by atoms with Gasteiger partial charge in [-0.15, -0.1) is 0 Å². The molecule has 1 saturated carbocycles. The largest absolute Gasteiger partial charge is 0.478 e. The minimum atomic E-state index is -0.796. The zero-order valence-corrected chi connectivity index (χ0v) is 11.3.